The third-order valence-electron chi connectivity index (χ3n) is 1.29. The standard InChI is InChI=1S/C6H9NO3S/c1-2-11(8,9)5-6-3-4-7-10-6/h3-4H,2,5H2,1H3. The number of hydrogen-bond donors (Lipinski definition) is 0. The Kier molecular flexibility index (Phi) is 2.28. The van der Waals surface area contributed by atoms with E-state index in [1.54, 1.807) is 13.0 Å². The number of aromatic nitrogens is 1. The summed E-state index contributed by atoms with van der Waals surface area (Å²) in [6.45, 7) is 1.60. The summed E-state index contributed by atoms with van der Waals surface area (Å²) in [6, 6.07) is 1.55. The summed E-state index contributed by atoms with van der Waals surface area (Å²) in [5.74, 6) is 0.476. The second kappa shape index (κ2) is 3.04. The molecule has 0 aliphatic carbocycles. The Morgan fingerprint density at radius 2 is 2.36 bits per heavy atom. The van der Waals surface area contributed by atoms with Gasteiger partial charge in [-0.05, 0) is 0 Å². The zero-order valence-corrected chi connectivity index (χ0v) is 6.97. The molecule has 1 rings (SSSR count). The minimum Gasteiger partial charge on any atom is -0.360 e. The molecule has 0 N–H and O–H groups in total. The van der Waals surface area contributed by atoms with Crippen molar-refractivity contribution < 1.29 is 12.9 Å². The fourth-order valence-electron chi connectivity index (χ4n) is 0.635. The van der Waals surface area contributed by atoms with Crippen molar-refractivity contribution in [1.29, 1.82) is 0 Å². The van der Waals surface area contributed by atoms with Gasteiger partial charge >= 0.3 is 0 Å². The van der Waals surface area contributed by atoms with E-state index >= 15 is 0 Å². The molecule has 0 bridgehead atoms. The van der Waals surface area contributed by atoms with Gasteiger partial charge in [-0.1, -0.05) is 12.1 Å². The number of rotatable bonds is 3. The zero-order chi connectivity index (χ0) is 8.32. The maximum Gasteiger partial charge on any atom is 0.157 e. The van der Waals surface area contributed by atoms with E-state index in [-0.39, 0.29) is 11.5 Å². The maximum atomic E-state index is 11.0. The molecule has 5 heteroatoms. The van der Waals surface area contributed by atoms with Crippen LogP contribution in [0.2, 0.25) is 0 Å². The lowest BCUT2D eigenvalue weighted by atomic mass is 10.5. The molecule has 0 aliphatic rings. The van der Waals surface area contributed by atoms with Crippen LogP contribution in [0, 0.1) is 0 Å². The van der Waals surface area contributed by atoms with Crippen molar-refractivity contribution >= 4 is 9.84 Å². The molecule has 1 aromatic rings. The van der Waals surface area contributed by atoms with Gasteiger partial charge in [0.1, 0.15) is 5.75 Å². The Morgan fingerprint density at radius 1 is 1.64 bits per heavy atom. The molecule has 0 aliphatic heterocycles. The highest BCUT2D eigenvalue weighted by atomic mass is 32.2. The first-order valence-corrected chi connectivity index (χ1v) is 5.06. The van der Waals surface area contributed by atoms with Crippen molar-refractivity contribution in [3.63, 3.8) is 0 Å². The van der Waals surface area contributed by atoms with Crippen LogP contribution in [-0.2, 0) is 15.6 Å². The van der Waals surface area contributed by atoms with Gasteiger partial charge < -0.3 is 4.52 Å². The quantitative estimate of drug-likeness (QED) is 0.675. The molecule has 0 fully saturated rings. The van der Waals surface area contributed by atoms with Crippen molar-refractivity contribution in [2.45, 2.75) is 12.7 Å². The fourth-order valence-corrected chi connectivity index (χ4v) is 1.42. The van der Waals surface area contributed by atoms with Gasteiger partial charge in [-0.25, -0.2) is 8.42 Å². The summed E-state index contributed by atoms with van der Waals surface area (Å²) in [7, 11) is -2.98. The summed E-state index contributed by atoms with van der Waals surface area (Å²) in [6.07, 6.45) is 1.43. The Balaban J connectivity index is 2.72. The van der Waals surface area contributed by atoms with Crippen LogP contribution in [0.1, 0.15) is 12.7 Å². The normalized spacial score (nSPS) is 11.7. The topological polar surface area (TPSA) is 60.2 Å². The minimum absolute atomic E-state index is 0.0521. The Morgan fingerprint density at radius 3 is 2.82 bits per heavy atom. The second-order valence-electron chi connectivity index (χ2n) is 2.16. The molecule has 4 nitrogen and oxygen atoms in total. The lowest BCUT2D eigenvalue weighted by Gasteiger charge is -1.94. The molecule has 0 unspecified atom stereocenters. The van der Waals surface area contributed by atoms with Gasteiger partial charge in [0, 0.05) is 11.8 Å². The number of nitrogens with zero attached hydrogens (tertiary/aromatic N) is 1. The van der Waals surface area contributed by atoms with Crippen LogP contribution in [0.25, 0.3) is 0 Å². The highest BCUT2D eigenvalue weighted by Gasteiger charge is 2.10. The second-order valence-corrected chi connectivity index (χ2v) is 4.51. The van der Waals surface area contributed by atoms with Gasteiger partial charge in [0.15, 0.2) is 15.6 Å². The molecule has 0 aromatic carbocycles. The highest BCUT2D eigenvalue weighted by molar-refractivity contribution is 7.90. The van der Waals surface area contributed by atoms with E-state index in [1.165, 1.54) is 6.20 Å². The van der Waals surface area contributed by atoms with E-state index in [2.05, 4.69) is 9.68 Å². The zero-order valence-electron chi connectivity index (χ0n) is 6.15. The number of sulfone groups is 1. The molecule has 62 valence electrons. The van der Waals surface area contributed by atoms with E-state index < -0.39 is 9.84 Å². The van der Waals surface area contributed by atoms with E-state index in [1.807, 2.05) is 0 Å². The van der Waals surface area contributed by atoms with Gasteiger partial charge in [0.25, 0.3) is 0 Å². The van der Waals surface area contributed by atoms with Crippen LogP contribution in [0.4, 0.5) is 0 Å². The summed E-state index contributed by atoms with van der Waals surface area (Å²) in [5, 5.41) is 3.40. The first kappa shape index (κ1) is 8.26. The predicted octanol–water partition coefficient (Wildman–Crippen LogP) is 0.609. The lowest BCUT2D eigenvalue weighted by Crippen LogP contribution is -2.05. The molecule has 0 radical (unpaired) electrons. The SMILES string of the molecule is CCS(=O)(=O)Cc1ccno1. The van der Waals surface area contributed by atoms with Crippen molar-refractivity contribution in [2.24, 2.45) is 0 Å². The molecule has 0 atom stereocenters. The van der Waals surface area contributed by atoms with Crippen LogP contribution in [0.5, 0.6) is 0 Å². The lowest BCUT2D eigenvalue weighted by molar-refractivity contribution is 0.393. The van der Waals surface area contributed by atoms with Crippen LogP contribution in [0.3, 0.4) is 0 Å². The molecule has 1 aromatic heterocycles. The molecular weight excluding hydrogens is 166 g/mol. The summed E-state index contributed by atoms with van der Waals surface area (Å²) in [5.41, 5.74) is 0. The monoisotopic (exact) mass is 175 g/mol. The molecule has 0 spiro atoms. The van der Waals surface area contributed by atoms with Gasteiger partial charge in [-0.3, -0.25) is 0 Å². The summed E-state index contributed by atoms with van der Waals surface area (Å²) < 4.78 is 26.6. The van der Waals surface area contributed by atoms with E-state index in [0.717, 1.165) is 0 Å². The van der Waals surface area contributed by atoms with Gasteiger partial charge in [0.2, 0.25) is 0 Å². The third-order valence-corrected chi connectivity index (χ3v) is 2.90. The minimum atomic E-state index is -2.98. The highest BCUT2D eigenvalue weighted by Crippen LogP contribution is 2.04. The Hall–Kier alpha value is -0.840. The smallest absolute Gasteiger partial charge is 0.157 e. The van der Waals surface area contributed by atoms with Crippen LogP contribution in [-0.4, -0.2) is 19.3 Å². The molecule has 11 heavy (non-hydrogen) atoms. The maximum absolute atomic E-state index is 11.0. The molecule has 0 saturated carbocycles. The first-order valence-electron chi connectivity index (χ1n) is 3.24. The summed E-state index contributed by atoms with van der Waals surface area (Å²) >= 11 is 0. The van der Waals surface area contributed by atoms with E-state index in [0.29, 0.717) is 5.76 Å². The number of hydrogen-bond acceptors (Lipinski definition) is 4. The van der Waals surface area contributed by atoms with Gasteiger partial charge in [-0.15, -0.1) is 0 Å². The molecule has 1 heterocycles. The first-order chi connectivity index (χ1) is 5.14. The average molecular weight is 175 g/mol. The summed E-state index contributed by atoms with van der Waals surface area (Å²) in [4.78, 5) is 0. The Labute approximate surface area is 65.1 Å². The largest absolute Gasteiger partial charge is 0.360 e. The van der Waals surface area contributed by atoms with Crippen molar-refractivity contribution in [2.75, 3.05) is 5.75 Å². The fraction of sp³-hybridized carbons (Fsp3) is 0.500. The Bertz CT molecular complexity index is 301. The van der Waals surface area contributed by atoms with Crippen LogP contribution in [0.15, 0.2) is 16.8 Å². The van der Waals surface area contributed by atoms with Crippen LogP contribution < -0.4 is 0 Å². The van der Waals surface area contributed by atoms with Gasteiger partial charge in [-0.2, -0.15) is 0 Å². The molecule has 0 saturated heterocycles. The molecule has 0 amide bonds. The molecular formula is C6H9NO3S. The average Bonchev–Trinajstić information content (AvgIpc) is 2.39. The van der Waals surface area contributed by atoms with Crippen LogP contribution >= 0.6 is 0 Å². The van der Waals surface area contributed by atoms with Crippen molar-refractivity contribution in [3.8, 4) is 0 Å². The van der Waals surface area contributed by atoms with Crippen molar-refractivity contribution in [1.82, 2.24) is 5.16 Å². The predicted molar refractivity (Wildman–Crippen MR) is 39.7 cm³/mol. The van der Waals surface area contributed by atoms with Gasteiger partial charge in [0.05, 0.1) is 6.20 Å². The van der Waals surface area contributed by atoms with E-state index in [9.17, 15) is 8.42 Å². The van der Waals surface area contributed by atoms with Crippen molar-refractivity contribution in [3.05, 3.63) is 18.0 Å². The third kappa shape index (κ3) is 2.34. The van der Waals surface area contributed by atoms with E-state index in [4.69, 9.17) is 0 Å².